The second-order valence-electron chi connectivity index (χ2n) is 4.58. The van der Waals surface area contributed by atoms with Crippen molar-refractivity contribution in [2.45, 2.75) is 33.9 Å². The average molecular weight is 221 g/mol. The van der Waals surface area contributed by atoms with Gasteiger partial charge in [0.1, 0.15) is 0 Å². The van der Waals surface area contributed by atoms with Crippen LogP contribution < -0.4 is 5.73 Å². The molecule has 3 nitrogen and oxygen atoms in total. The van der Waals surface area contributed by atoms with Crippen LogP contribution in [0.4, 0.5) is 0 Å². The van der Waals surface area contributed by atoms with Crippen LogP contribution in [0.5, 0.6) is 0 Å². The molecule has 1 rings (SSSR count). The number of nitrogens with two attached hydrogens (primary N) is 1. The van der Waals surface area contributed by atoms with Crippen molar-refractivity contribution in [1.29, 1.82) is 0 Å². The maximum absolute atomic E-state index is 5.59. The van der Waals surface area contributed by atoms with Crippen molar-refractivity contribution >= 4 is 0 Å². The zero-order valence-corrected chi connectivity index (χ0v) is 10.6. The molecule has 0 saturated heterocycles. The monoisotopic (exact) mass is 221 g/mol. The van der Waals surface area contributed by atoms with E-state index in [-0.39, 0.29) is 0 Å². The summed E-state index contributed by atoms with van der Waals surface area (Å²) in [4.78, 5) is 6.65. The van der Waals surface area contributed by atoms with Gasteiger partial charge in [-0.25, -0.2) is 0 Å². The van der Waals surface area contributed by atoms with Gasteiger partial charge in [0, 0.05) is 25.8 Å². The smallest absolute Gasteiger partial charge is 0.0542 e. The molecule has 3 heteroatoms. The van der Waals surface area contributed by atoms with Crippen LogP contribution in [0.3, 0.4) is 0 Å². The van der Waals surface area contributed by atoms with Gasteiger partial charge in [0.15, 0.2) is 0 Å². The Kier molecular flexibility index (Phi) is 5.43. The Balaban J connectivity index is 2.62. The highest BCUT2D eigenvalue weighted by atomic mass is 15.1. The van der Waals surface area contributed by atoms with Gasteiger partial charge in [0.05, 0.1) is 5.69 Å². The number of pyridine rings is 1. The summed E-state index contributed by atoms with van der Waals surface area (Å²) >= 11 is 0. The molecule has 0 fully saturated rings. The van der Waals surface area contributed by atoms with Gasteiger partial charge in [-0.15, -0.1) is 0 Å². The summed E-state index contributed by atoms with van der Waals surface area (Å²) in [5.41, 5.74) is 7.86. The van der Waals surface area contributed by atoms with Crippen molar-refractivity contribution in [3.8, 4) is 0 Å². The molecule has 0 spiro atoms. The minimum Gasteiger partial charge on any atom is -0.325 e. The summed E-state index contributed by atoms with van der Waals surface area (Å²) in [6, 6.07) is 4.17. The van der Waals surface area contributed by atoms with Gasteiger partial charge in [0.25, 0.3) is 0 Å². The van der Waals surface area contributed by atoms with E-state index in [9.17, 15) is 0 Å². The predicted octanol–water partition coefficient (Wildman–Crippen LogP) is 2.02. The molecule has 16 heavy (non-hydrogen) atoms. The van der Waals surface area contributed by atoms with Crippen molar-refractivity contribution < 1.29 is 0 Å². The van der Waals surface area contributed by atoms with E-state index >= 15 is 0 Å². The van der Waals surface area contributed by atoms with E-state index in [0.717, 1.165) is 25.3 Å². The zero-order chi connectivity index (χ0) is 12.0. The fourth-order valence-corrected chi connectivity index (χ4v) is 1.82. The van der Waals surface area contributed by atoms with Crippen LogP contribution in [0.25, 0.3) is 0 Å². The molecule has 1 heterocycles. The maximum Gasteiger partial charge on any atom is 0.0542 e. The lowest BCUT2D eigenvalue weighted by molar-refractivity contribution is 0.248. The van der Waals surface area contributed by atoms with Gasteiger partial charge in [-0.2, -0.15) is 0 Å². The summed E-state index contributed by atoms with van der Waals surface area (Å²) in [5.74, 6) is 0.704. The summed E-state index contributed by atoms with van der Waals surface area (Å²) in [6.45, 7) is 10.4. The highest BCUT2D eigenvalue weighted by Crippen LogP contribution is 2.08. The first kappa shape index (κ1) is 13.1. The summed E-state index contributed by atoms with van der Waals surface area (Å²) in [6.07, 6.45) is 1.85. The van der Waals surface area contributed by atoms with Crippen LogP contribution in [0.15, 0.2) is 18.3 Å². The third kappa shape index (κ3) is 4.29. The van der Waals surface area contributed by atoms with Crippen molar-refractivity contribution in [2.75, 3.05) is 13.1 Å². The van der Waals surface area contributed by atoms with Gasteiger partial charge >= 0.3 is 0 Å². The summed E-state index contributed by atoms with van der Waals surface area (Å²) in [5, 5.41) is 0. The van der Waals surface area contributed by atoms with Gasteiger partial charge in [0.2, 0.25) is 0 Å². The molecule has 0 radical (unpaired) electrons. The highest BCUT2D eigenvalue weighted by Gasteiger charge is 2.06. The van der Waals surface area contributed by atoms with Crippen molar-refractivity contribution in [1.82, 2.24) is 9.88 Å². The van der Waals surface area contributed by atoms with E-state index in [1.54, 1.807) is 0 Å². The lowest BCUT2D eigenvalue weighted by Gasteiger charge is -2.22. The highest BCUT2D eigenvalue weighted by molar-refractivity contribution is 5.16. The number of hydrogen-bond donors (Lipinski definition) is 1. The molecule has 90 valence electrons. The van der Waals surface area contributed by atoms with Gasteiger partial charge in [-0.3, -0.25) is 9.88 Å². The molecule has 0 aromatic carbocycles. The molecule has 0 aliphatic rings. The molecule has 0 aliphatic carbocycles. The number of aromatic nitrogens is 1. The van der Waals surface area contributed by atoms with E-state index in [0.29, 0.717) is 12.5 Å². The third-order valence-corrected chi connectivity index (χ3v) is 2.57. The Morgan fingerprint density at radius 3 is 2.75 bits per heavy atom. The fraction of sp³-hybridized carbons (Fsp3) is 0.615. The lowest BCUT2D eigenvalue weighted by Crippen LogP contribution is -2.27. The molecule has 0 saturated carbocycles. The Bertz CT molecular complexity index is 310. The first-order chi connectivity index (χ1) is 7.65. The Hall–Kier alpha value is -0.930. The second kappa shape index (κ2) is 6.61. The van der Waals surface area contributed by atoms with Crippen molar-refractivity contribution in [2.24, 2.45) is 11.7 Å². The molecule has 1 aromatic rings. The van der Waals surface area contributed by atoms with Crippen LogP contribution in [0.1, 0.15) is 32.0 Å². The molecule has 0 unspecified atom stereocenters. The second-order valence-corrected chi connectivity index (χ2v) is 4.58. The third-order valence-electron chi connectivity index (χ3n) is 2.57. The molecule has 1 aromatic heterocycles. The average Bonchev–Trinajstić information content (AvgIpc) is 2.28. The number of hydrogen-bond acceptors (Lipinski definition) is 3. The zero-order valence-electron chi connectivity index (χ0n) is 10.6. The van der Waals surface area contributed by atoms with Crippen LogP contribution >= 0.6 is 0 Å². The Labute approximate surface area is 98.7 Å². The molecular formula is C13H23N3. The van der Waals surface area contributed by atoms with E-state index in [1.165, 1.54) is 5.56 Å². The molecular weight excluding hydrogens is 198 g/mol. The van der Waals surface area contributed by atoms with E-state index in [4.69, 9.17) is 5.73 Å². The minimum absolute atomic E-state index is 0.518. The topological polar surface area (TPSA) is 42.2 Å². The molecule has 2 N–H and O–H groups in total. The molecule has 0 atom stereocenters. The molecule has 0 amide bonds. The SMILES string of the molecule is CCN(Cc1ccnc(CN)c1)CC(C)C. The maximum atomic E-state index is 5.59. The van der Waals surface area contributed by atoms with Gasteiger partial charge in [-0.05, 0) is 30.2 Å². The Morgan fingerprint density at radius 2 is 2.19 bits per heavy atom. The minimum atomic E-state index is 0.518. The van der Waals surface area contributed by atoms with Crippen LogP contribution in [-0.2, 0) is 13.1 Å². The lowest BCUT2D eigenvalue weighted by atomic mass is 10.1. The first-order valence-corrected chi connectivity index (χ1v) is 6.02. The van der Waals surface area contributed by atoms with Crippen LogP contribution in [-0.4, -0.2) is 23.0 Å². The van der Waals surface area contributed by atoms with Gasteiger partial charge < -0.3 is 5.73 Å². The van der Waals surface area contributed by atoms with E-state index in [2.05, 4.69) is 42.8 Å². The fourth-order valence-electron chi connectivity index (χ4n) is 1.82. The quantitative estimate of drug-likeness (QED) is 0.799. The standard InChI is InChI=1S/C13H23N3/c1-4-16(9-11(2)3)10-12-5-6-15-13(7-12)8-14/h5-7,11H,4,8-10,14H2,1-3H3. The largest absolute Gasteiger partial charge is 0.325 e. The van der Waals surface area contributed by atoms with Gasteiger partial charge in [-0.1, -0.05) is 20.8 Å². The summed E-state index contributed by atoms with van der Waals surface area (Å²) in [7, 11) is 0. The number of rotatable bonds is 6. The van der Waals surface area contributed by atoms with Crippen molar-refractivity contribution in [3.05, 3.63) is 29.6 Å². The molecule has 0 bridgehead atoms. The summed E-state index contributed by atoms with van der Waals surface area (Å²) < 4.78 is 0. The molecule has 0 aliphatic heterocycles. The first-order valence-electron chi connectivity index (χ1n) is 6.02. The normalized spacial score (nSPS) is 11.4. The number of nitrogens with zero attached hydrogens (tertiary/aromatic N) is 2. The van der Waals surface area contributed by atoms with Crippen LogP contribution in [0.2, 0.25) is 0 Å². The Morgan fingerprint density at radius 1 is 1.44 bits per heavy atom. The van der Waals surface area contributed by atoms with E-state index in [1.807, 2.05) is 6.20 Å². The van der Waals surface area contributed by atoms with E-state index < -0.39 is 0 Å². The van der Waals surface area contributed by atoms with Crippen LogP contribution in [0, 0.1) is 5.92 Å². The van der Waals surface area contributed by atoms with Crippen molar-refractivity contribution in [3.63, 3.8) is 0 Å². The predicted molar refractivity (Wildman–Crippen MR) is 67.9 cm³/mol.